The molecule has 1 aromatic carbocycles. The first-order valence-electron chi connectivity index (χ1n) is 11.1. The Hall–Kier alpha value is -3.05. The fourth-order valence-electron chi connectivity index (χ4n) is 4.08. The van der Waals surface area contributed by atoms with Gasteiger partial charge >= 0.3 is 6.18 Å². The van der Waals surface area contributed by atoms with Gasteiger partial charge in [-0.25, -0.2) is 9.97 Å². The van der Waals surface area contributed by atoms with Crippen molar-refractivity contribution in [3.63, 3.8) is 0 Å². The Morgan fingerprint density at radius 3 is 2.61 bits per heavy atom. The average Bonchev–Trinajstić information content (AvgIpc) is 2.83. The van der Waals surface area contributed by atoms with Gasteiger partial charge in [0, 0.05) is 18.7 Å². The normalized spacial score (nSPS) is 16.6. The summed E-state index contributed by atoms with van der Waals surface area (Å²) in [5.41, 5.74) is -1.65. The molecule has 4 rings (SSSR count). The van der Waals surface area contributed by atoms with E-state index < -0.39 is 27.5 Å². The molecule has 3 heterocycles. The number of hydrogen-bond donors (Lipinski definition) is 1. The van der Waals surface area contributed by atoms with Crippen LogP contribution in [0.5, 0.6) is 5.75 Å². The number of ether oxygens (including phenoxy) is 1. The number of pyridine rings is 2. The van der Waals surface area contributed by atoms with Crippen molar-refractivity contribution in [2.75, 3.05) is 29.8 Å². The zero-order valence-electron chi connectivity index (χ0n) is 19.5. The van der Waals surface area contributed by atoms with Crippen LogP contribution in [0.1, 0.15) is 25.3 Å². The first-order valence-corrected chi connectivity index (χ1v) is 13.0. The number of benzene rings is 1. The Bertz CT molecular complexity index is 1370. The lowest BCUT2D eigenvalue weighted by molar-refractivity contribution is -0.137. The molecule has 0 radical (unpaired) electrons. The van der Waals surface area contributed by atoms with Crippen molar-refractivity contribution < 1.29 is 26.3 Å². The van der Waals surface area contributed by atoms with E-state index in [1.807, 2.05) is 4.90 Å². The topological polar surface area (TPSA) is 84.4 Å². The molecule has 1 aliphatic heterocycles. The van der Waals surface area contributed by atoms with Gasteiger partial charge in [-0.3, -0.25) is 4.72 Å². The highest BCUT2D eigenvalue weighted by Crippen LogP contribution is 2.40. The maximum Gasteiger partial charge on any atom is 0.418 e. The van der Waals surface area contributed by atoms with E-state index in [4.69, 9.17) is 16.3 Å². The Morgan fingerprint density at radius 2 is 1.92 bits per heavy atom. The highest BCUT2D eigenvalue weighted by molar-refractivity contribution is 7.92. The van der Waals surface area contributed by atoms with Crippen molar-refractivity contribution in [3.05, 3.63) is 59.1 Å². The van der Waals surface area contributed by atoms with Gasteiger partial charge in [0.1, 0.15) is 17.4 Å². The average molecular weight is 541 g/mol. The summed E-state index contributed by atoms with van der Waals surface area (Å²) in [6, 6.07) is 10.5. The highest BCUT2D eigenvalue weighted by Gasteiger charge is 2.35. The highest BCUT2D eigenvalue weighted by atomic mass is 35.5. The Morgan fingerprint density at radius 1 is 1.14 bits per heavy atom. The zero-order chi connectivity index (χ0) is 26.1. The number of sulfonamides is 1. The van der Waals surface area contributed by atoms with Gasteiger partial charge in [0.2, 0.25) is 0 Å². The number of nitrogens with one attached hydrogen (secondary N) is 1. The van der Waals surface area contributed by atoms with Crippen LogP contribution in [0.3, 0.4) is 0 Å². The first-order chi connectivity index (χ1) is 17.0. The lowest BCUT2D eigenvalue weighted by atomic mass is 10.0. The standard InChI is InChI=1S/C24H24ClF3N4O3S/c1-15-5-4-12-32(14-15)21-6-3-7-22(30-21)36(33,34)31-20-11-9-18(24(26,27)28)23(29-20)17-13-16(35-2)8-10-19(17)25/h3,6-11,13,15H,4-5,12,14H2,1-2H3,(H,29,31)/t15-/m1/s1. The fourth-order valence-corrected chi connectivity index (χ4v) is 5.25. The van der Waals surface area contributed by atoms with Gasteiger partial charge < -0.3 is 9.64 Å². The molecule has 36 heavy (non-hydrogen) atoms. The predicted octanol–water partition coefficient (Wildman–Crippen LogP) is 5.86. The molecular formula is C24H24ClF3N4O3S. The maximum absolute atomic E-state index is 13.8. The number of rotatable bonds is 6. The molecule has 0 aliphatic carbocycles. The zero-order valence-corrected chi connectivity index (χ0v) is 21.1. The number of halogens is 4. The monoisotopic (exact) mass is 540 g/mol. The summed E-state index contributed by atoms with van der Waals surface area (Å²) < 4.78 is 74.8. The van der Waals surface area contributed by atoms with Gasteiger partial charge in [-0.05, 0) is 61.2 Å². The summed E-state index contributed by atoms with van der Waals surface area (Å²) in [6.45, 7) is 3.64. The van der Waals surface area contributed by atoms with Crippen LogP contribution in [-0.2, 0) is 16.2 Å². The molecule has 0 saturated carbocycles. The van der Waals surface area contributed by atoms with Crippen LogP contribution in [-0.4, -0.2) is 38.6 Å². The number of nitrogens with zero attached hydrogens (tertiary/aromatic N) is 3. The van der Waals surface area contributed by atoms with Crippen LogP contribution >= 0.6 is 11.6 Å². The number of aromatic nitrogens is 2. The maximum atomic E-state index is 13.8. The smallest absolute Gasteiger partial charge is 0.418 e. The molecule has 1 fully saturated rings. The molecule has 0 amide bonds. The number of hydrogen-bond acceptors (Lipinski definition) is 6. The van der Waals surface area contributed by atoms with Crippen molar-refractivity contribution >= 4 is 33.3 Å². The summed E-state index contributed by atoms with van der Waals surface area (Å²) in [6.07, 6.45) is -2.69. The van der Waals surface area contributed by atoms with Crippen LogP contribution in [0.4, 0.5) is 24.8 Å². The predicted molar refractivity (Wildman–Crippen MR) is 132 cm³/mol. The van der Waals surface area contributed by atoms with Crippen LogP contribution in [0, 0.1) is 5.92 Å². The van der Waals surface area contributed by atoms with E-state index in [0.29, 0.717) is 11.7 Å². The number of alkyl halides is 3. The molecule has 1 N–H and O–H groups in total. The largest absolute Gasteiger partial charge is 0.497 e. The van der Waals surface area contributed by atoms with Crippen LogP contribution in [0.25, 0.3) is 11.3 Å². The molecule has 1 atom stereocenters. The molecule has 192 valence electrons. The Balaban J connectivity index is 1.70. The van der Waals surface area contributed by atoms with E-state index in [-0.39, 0.29) is 27.2 Å². The first kappa shape index (κ1) is 26.0. The Kier molecular flexibility index (Phi) is 7.33. The van der Waals surface area contributed by atoms with E-state index in [1.165, 1.54) is 31.4 Å². The van der Waals surface area contributed by atoms with Gasteiger partial charge in [0.15, 0.2) is 5.03 Å². The summed E-state index contributed by atoms with van der Waals surface area (Å²) in [7, 11) is -2.89. The molecule has 0 spiro atoms. The SMILES string of the molecule is COc1ccc(Cl)c(-c2nc(NS(=O)(=O)c3cccc(N4CCC[C@@H](C)C4)n3)ccc2C(F)(F)F)c1. The molecule has 7 nitrogen and oxygen atoms in total. The van der Waals surface area contributed by atoms with Crippen molar-refractivity contribution in [2.45, 2.75) is 31.0 Å². The molecule has 3 aromatic rings. The number of piperidine rings is 1. The molecule has 0 unspecified atom stereocenters. The van der Waals surface area contributed by atoms with E-state index >= 15 is 0 Å². The summed E-state index contributed by atoms with van der Waals surface area (Å²) in [5, 5.41) is -0.264. The van der Waals surface area contributed by atoms with E-state index in [9.17, 15) is 21.6 Å². The number of methoxy groups -OCH3 is 1. The van der Waals surface area contributed by atoms with Gasteiger partial charge in [-0.2, -0.15) is 21.6 Å². The fraction of sp³-hybridized carbons (Fsp3) is 0.333. The van der Waals surface area contributed by atoms with Gasteiger partial charge in [0.05, 0.1) is 23.4 Å². The third-order valence-electron chi connectivity index (χ3n) is 5.83. The molecular weight excluding hydrogens is 517 g/mol. The van der Waals surface area contributed by atoms with E-state index in [0.717, 1.165) is 38.1 Å². The van der Waals surface area contributed by atoms with Gasteiger partial charge in [0.25, 0.3) is 10.0 Å². The summed E-state index contributed by atoms with van der Waals surface area (Å²) in [4.78, 5) is 10.3. The molecule has 0 bridgehead atoms. The Labute approximate surface area is 212 Å². The van der Waals surface area contributed by atoms with Crippen molar-refractivity contribution in [3.8, 4) is 17.0 Å². The molecule has 1 saturated heterocycles. The van der Waals surface area contributed by atoms with Crippen molar-refractivity contribution in [1.82, 2.24) is 9.97 Å². The lowest BCUT2D eigenvalue weighted by Gasteiger charge is -2.31. The third-order valence-corrected chi connectivity index (χ3v) is 7.42. The second-order valence-corrected chi connectivity index (χ2v) is 10.6. The van der Waals surface area contributed by atoms with Crippen LogP contribution in [0.15, 0.2) is 53.6 Å². The van der Waals surface area contributed by atoms with Gasteiger partial charge in [-0.1, -0.05) is 24.6 Å². The van der Waals surface area contributed by atoms with Gasteiger partial charge in [-0.15, -0.1) is 0 Å². The van der Waals surface area contributed by atoms with Crippen molar-refractivity contribution in [2.24, 2.45) is 5.92 Å². The van der Waals surface area contributed by atoms with E-state index in [1.54, 1.807) is 12.1 Å². The van der Waals surface area contributed by atoms with Crippen LogP contribution < -0.4 is 14.4 Å². The van der Waals surface area contributed by atoms with Crippen LogP contribution in [0.2, 0.25) is 5.02 Å². The summed E-state index contributed by atoms with van der Waals surface area (Å²) >= 11 is 6.18. The quantitative estimate of drug-likeness (QED) is 0.421. The third kappa shape index (κ3) is 5.67. The lowest BCUT2D eigenvalue weighted by Crippen LogP contribution is -2.35. The van der Waals surface area contributed by atoms with Crippen molar-refractivity contribution in [1.29, 1.82) is 0 Å². The van der Waals surface area contributed by atoms with E-state index in [2.05, 4.69) is 21.6 Å². The number of anilines is 2. The minimum absolute atomic E-state index is 0.000986. The minimum atomic E-state index is -4.76. The minimum Gasteiger partial charge on any atom is -0.497 e. The summed E-state index contributed by atoms with van der Waals surface area (Å²) in [5.74, 6) is 0.935. The second-order valence-electron chi connectivity index (χ2n) is 8.57. The second kappa shape index (κ2) is 10.1. The molecule has 2 aromatic heterocycles. The molecule has 12 heteroatoms. The molecule has 1 aliphatic rings.